The van der Waals surface area contributed by atoms with E-state index >= 15 is 0 Å². The molecule has 15 heteroatoms. The molecule has 0 saturated heterocycles. The Kier molecular flexibility index (Phi) is 22.5. The maximum atomic E-state index is 14.1. The first-order valence-electron chi connectivity index (χ1n) is 18.8. The van der Waals surface area contributed by atoms with Crippen molar-refractivity contribution in [2.75, 3.05) is 39.6 Å². The average Bonchev–Trinajstić information content (AvgIpc) is 3.06. The molecule has 0 aliphatic rings. The number of hydrogen-bond acceptors (Lipinski definition) is 9. The van der Waals surface area contributed by atoms with Crippen LogP contribution < -0.4 is 17.1 Å². The fraction of sp³-hybridized carbons (Fsp3) is 0.909. The molecule has 0 unspecified atom stereocenters. The highest BCUT2D eigenvalue weighted by atomic mass is 28.2. The van der Waals surface area contributed by atoms with Crippen molar-refractivity contribution in [1.29, 1.82) is 0 Å². The number of hydrogen-bond donors (Lipinski definition) is 0. The van der Waals surface area contributed by atoms with Gasteiger partial charge in [0, 0.05) is 78.5 Å². The Hall–Kier alpha value is -1.18. The molecule has 1 heterocycles. The predicted molar refractivity (Wildman–Crippen MR) is 202 cm³/mol. The Balaban J connectivity index is 3.81. The molecule has 0 aliphatic carbocycles. The summed E-state index contributed by atoms with van der Waals surface area (Å²) < 4.78 is 40.9. The molecule has 0 bridgehead atoms. The second-order valence-electron chi connectivity index (χ2n) is 12.2. The van der Waals surface area contributed by atoms with E-state index in [2.05, 4.69) is 20.8 Å². The van der Waals surface area contributed by atoms with Crippen molar-refractivity contribution in [2.24, 2.45) is 0 Å². The molecule has 0 fully saturated rings. The monoisotopic (exact) mass is 735 g/mol. The van der Waals surface area contributed by atoms with Crippen LogP contribution in [0.4, 0.5) is 0 Å². The van der Waals surface area contributed by atoms with Crippen LogP contribution in [-0.2, 0) is 48.1 Å². The Morgan fingerprint density at radius 2 is 0.625 bits per heavy atom. The standard InChI is InChI=1S/C33H69N3O9Si3/c1-10-25-46-31(40-13-4,41-14-5)19-22-34-28(37)35(23-20-32(42-15-6,43-16-7)47-26-11-2)30(39)36(29(34)38)24-21-33(44-17-8,45-18-9)48-27-12-3/h10-27,46-48H2,1-9H3. The van der Waals surface area contributed by atoms with E-state index < -0.39 is 61.9 Å². The molecule has 0 spiro atoms. The van der Waals surface area contributed by atoms with E-state index in [-0.39, 0.29) is 19.6 Å². The highest BCUT2D eigenvalue weighted by molar-refractivity contribution is 6.39. The first-order chi connectivity index (χ1) is 23.1. The summed E-state index contributed by atoms with van der Waals surface area (Å²) in [5.74, 6) is 0. The van der Waals surface area contributed by atoms with Gasteiger partial charge in [0.1, 0.15) is 16.2 Å². The lowest BCUT2D eigenvalue weighted by Gasteiger charge is -2.35. The summed E-state index contributed by atoms with van der Waals surface area (Å²) in [6.45, 7) is 21.0. The zero-order valence-corrected chi connectivity index (χ0v) is 36.1. The topological polar surface area (TPSA) is 121 Å². The maximum absolute atomic E-state index is 14.1. The molecule has 48 heavy (non-hydrogen) atoms. The molecule has 1 rings (SSSR count). The van der Waals surface area contributed by atoms with Crippen molar-refractivity contribution >= 4 is 28.6 Å². The summed E-state index contributed by atoms with van der Waals surface area (Å²) in [7, 11) is -2.59. The molecule has 282 valence electrons. The van der Waals surface area contributed by atoms with Crippen molar-refractivity contribution < 1.29 is 28.4 Å². The second-order valence-corrected chi connectivity index (χ2v) is 19.0. The number of aromatic nitrogens is 3. The van der Waals surface area contributed by atoms with E-state index in [9.17, 15) is 14.4 Å². The summed E-state index contributed by atoms with van der Waals surface area (Å²) in [4.78, 5) is 42.4. The molecule has 0 saturated carbocycles. The van der Waals surface area contributed by atoms with Crippen molar-refractivity contribution in [3.63, 3.8) is 0 Å². The van der Waals surface area contributed by atoms with Crippen LogP contribution in [0.25, 0.3) is 0 Å². The maximum Gasteiger partial charge on any atom is 0.336 e. The van der Waals surface area contributed by atoms with Gasteiger partial charge in [-0.3, -0.25) is 0 Å². The molecule has 0 N–H and O–H groups in total. The summed E-state index contributed by atoms with van der Waals surface area (Å²) >= 11 is 0. The van der Waals surface area contributed by atoms with Gasteiger partial charge in [0.2, 0.25) is 0 Å². The van der Waals surface area contributed by atoms with E-state index in [1.54, 1.807) is 0 Å². The molecule has 0 amide bonds. The molecule has 0 aliphatic heterocycles. The molecule has 0 aromatic carbocycles. The number of nitrogens with zero attached hydrogens (tertiary/aromatic N) is 3. The SMILES string of the molecule is CCC[SiH2]C(CCn1c(=O)n(CCC(OCC)(OCC)[SiH2]CCC)c(=O)n(CCC(OCC)(OCC)[SiH2]CCC)c1=O)(OCC)OCC. The fourth-order valence-corrected chi connectivity index (χ4v) is 12.4. The summed E-state index contributed by atoms with van der Waals surface area (Å²) in [6, 6.07) is 3.03. The summed E-state index contributed by atoms with van der Waals surface area (Å²) in [5, 5.41) is 0. The summed E-state index contributed by atoms with van der Waals surface area (Å²) in [6.07, 6.45) is 4.09. The Bertz CT molecular complexity index is 1000. The second kappa shape index (κ2) is 24.1. The Morgan fingerprint density at radius 1 is 0.417 bits per heavy atom. The fourth-order valence-electron chi connectivity index (χ4n) is 6.39. The van der Waals surface area contributed by atoms with Gasteiger partial charge in [0.25, 0.3) is 0 Å². The van der Waals surface area contributed by atoms with E-state index in [1.165, 1.54) is 13.7 Å². The van der Waals surface area contributed by atoms with Crippen molar-refractivity contribution in [2.45, 2.75) is 155 Å². The van der Waals surface area contributed by atoms with Gasteiger partial charge in [-0.25, -0.2) is 28.1 Å². The number of rotatable bonds is 30. The minimum absolute atomic E-state index is 0.0773. The highest BCUT2D eigenvalue weighted by Crippen LogP contribution is 2.22. The van der Waals surface area contributed by atoms with E-state index in [4.69, 9.17) is 28.4 Å². The van der Waals surface area contributed by atoms with Crippen LogP contribution in [0.15, 0.2) is 14.4 Å². The third-order valence-electron chi connectivity index (χ3n) is 8.71. The van der Waals surface area contributed by atoms with Gasteiger partial charge in [0.15, 0.2) is 0 Å². The van der Waals surface area contributed by atoms with Gasteiger partial charge in [-0.15, -0.1) is 0 Å². The largest absolute Gasteiger partial charge is 0.355 e. The lowest BCUT2D eigenvalue weighted by atomic mass is 10.3. The van der Waals surface area contributed by atoms with E-state index in [0.717, 1.165) is 37.4 Å². The van der Waals surface area contributed by atoms with Gasteiger partial charge in [-0.1, -0.05) is 58.2 Å². The zero-order chi connectivity index (χ0) is 36.1. The minimum atomic E-state index is -0.863. The van der Waals surface area contributed by atoms with Crippen molar-refractivity contribution in [3.05, 3.63) is 31.5 Å². The van der Waals surface area contributed by atoms with Crippen LogP contribution in [0.2, 0.25) is 18.1 Å². The van der Waals surface area contributed by atoms with E-state index in [1.807, 2.05) is 41.5 Å². The molecule has 1 aromatic heterocycles. The lowest BCUT2D eigenvalue weighted by molar-refractivity contribution is -0.181. The van der Waals surface area contributed by atoms with Crippen LogP contribution in [0.3, 0.4) is 0 Å². The third-order valence-corrected chi connectivity index (χ3v) is 16.5. The molecular weight excluding hydrogens is 667 g/mol. The Morgan fingerprint density at radius 3 is 0.792 bits per heavy atom. The van der Waals surface area contributed by atoms with Gasteiger partial charge in [-0.2, -0.15) is 0 Å². The predicted octanol–water partition coefficient (Wildman–Crippen LogP) is 2.51. The smallest absolute Gasteiger partial charge is 0.336 e. The molecular formula is C33H69N3O9Si3. The first kappa shape index (κ1) is 44.8. The Labute approximate surface area is 296 Å². The highest BCUT2D eigenvalue weighted by Gasteiger charge is 2.35. The molecule has 0 radical (unpaired) electrons. The van der Waals surface area contributed by atoms with Crippen LogP contribution in [0.5, 0.6) is 0 Å². The van der Waals surface area contributed by atoms with E-state index in [0.29, 0.717) is 58.9 Å². The van der Waals surface area contributed by atoms with Gasteiger partial charge < -0.3 is 28.4 Å². The molecule has 12 nitrogen and oxygen atoms in total. The quantitative estimate of drug-likeness (QED) is 0.0868. The third kappa shape index (κ3) is 13.5. The van der Waals surface area contributed by atoms with Gasteiger partial charge in [-0.05, 0) is 41.5 Å². The lowest BCUT2D eigenvalue weighted by Crippen LogP contribution is -2.57. The van der Waals surface area contributed by atoms with Gasteiger partial charge >= 0.3 is 17.1 Å². The first-order valence-corrected chi connectivity index (χ1v) is 24.0. The van der Waals surface area contributed by atoms with Crippen LogP contribution >= 0.6 is 0 Å². The summed E-state index contributed by atoms with van der Waals surface area (Å²) in [5.41, 5.74) is -4.27. The molecule has 0 atom stereocenters. The van der Waals surface area contributed by atoms with Crippen molar-refractivity contribution in [3.8, 4) is 0 Å². The zero-order valence-electron chi connectivity index (χ0n) is 31.9. The van der Waals surface area contributed by atoms with Crippen molar-refractivity contribution in [1.82, 2.24) is 13.7 Å². The average molecular weight is 736 g/mol. The minimum Gasteiger partial charge on any atom is -0.355 e. The van der Waals surface area contributed by atoms with Crippen LogP contribution in [0.1, 0.15) is 101 Å². The van der Waals surface area contributed by atoms with Crippen LogP contribution in [-0.4, -0.2) is 98.1 Å². The van der Waals surface area contributed by atoms with Crippen LogP contribution in [0, 0.1) is 0 Å². The normalized spacial score (nSPS) is 13.4. The number of ether oxygens (including phenoxy) is 6. The molecule has 1 aromatic rings. The van der Waals surface area contributed by atoms with Gasteiger partial charge in [0.05, 0.1) is 28.6 Å².